The van der Waals surface area contributed by atoms with Crippen LogP contribution in [0.1, 0.15) is 16.2 Å². The summed E-state index contributed by atoms with van der Waals surface area (Å²) in [6.07, 6.45) is 0. The predicted molar refractivity (Wildman–Crippen MR) is 140 cm³/mol. The second-order valence-corrected chi connectivity index (χ2v) is 9.91. The van der Waals surface area contributed by atoms with Crippen molar-refractivity contribution < 1.29 is 62.1 Å². The first-order valence-corrected chi connectivity index (χ1v) is 12.7. The Balaban J connectivity index is 0.000000417. The number of hydrogen-bond acceptors (Lipinski definition) is 9. The van der Waals surface area contributed by atoms with Crippen LogP contribution >= 0.6 is 45.8 Å². The van der Waals surface area contributed by atoms with Gasteiger partial charge in [-0.15, -0.1) is 0 Å². The number of urea groups is 1. The van der Waals surface area contributed by atoms with Gasteiger partial charge in [-0.25, -0.2) is 18.2 Å². The molecule has 0 spiro atoms. The normalized spacial score (nSPS) is 10.2. The first-order valence-electron chi connectivity index (χ1n) is 9.45. The van der Waals surface area contributed by atoms with Crippen molar-refractivity contribution in [1.29, 1.82) is 0 Å². The number of aryl methyl sites for hydroxylation is 1. The third-order valence-electron chi connectivity index (χ3n) is 3.92. The van der Waals surface area contributed by atoms with Crippen LogP contribution in [-0.4, -0.2) is 54.7 Å². The second kappa shape index (κ2) is 14.8. The molecule has 2 aromatic carbocycles. The van der Waals surface area contributed by atoms with E-state index in [0.29, 0.717) is 9.39 Å². The van der Waals surface area contributed by atoms with Crippen LogP contribution in [0, 0.1) is 10.5 Å². The molecule has 0 aliphatic rings. The van der Waals surface area contributed by atoms with Crippen molar-refractivity contribution >= 4 is 73.8 Å². The van der Waals surface area contributed by atoms with Gasteiger partial charge in [-0.2, -0.15) is 9.97 Å². The van der Waals surface area contributed by atoms with Crippen molar-refractivity contribution in [2.24, 2.45) is 0 Å². The monoisotopic (exact) mass is 691 g/mol. The maximum absolute atomic E-state index is 12.1. The molecule has 1 aromatic heterocycles. The van der Waals surface area contributed by atoms with Gasteiger partial charge in [0.15, 0.2) is 17.7 Å². The molecule has 37 heavy (non-hydrogen) atoms. The van der Waals surface area contributed by atoms with E-state index < -0.39 is 22.0 Å². The predicted octanol–water partition coefficient (Wildman–Crippen LogP) is 1.79. The van der Waals surface area contributed by atoms with Gasteiger partial charge < -0.3 is 24.6 Å². The SMILES string of the molecule is COc1c(Cl)ccc(Cl)c1C(=O)O.COc1nc(C)nc(NC(=O)[N-]S(=O)(=O)c2ccccc2I)n1.[Na+]. The maximum Gasteiger partial charge on any atom is 1.00 e. The van der Waals surface area contributed by atoms with Crippen LogP contribution in [0.4, 0.5) is 10.7 Å². The number of halogens is 3. The summed E-state index contributed by atoms with van der Waals surface area (Å²) in [7, 11) is -1.44. The van der Waals surface area contributed by atoms with E-state index in [1.165, 1.54) is 32.4 Å². The average Bonchev–Trinajstić information content (AvgIpc) is 2.79. The van der Waals surface area contributed by atoms with E-state index >= 15 is 0 Å². The molecule has 12 nitrogen and oxygen atoms in total. The summed E-state index contributed by atoms with van der Waals surface area (Å²) in [6, 6.07) is 7.96. The van der Waals surface area contributed by atoms with Crippen molar-refractivity contribution in [3.8, 4) is 11.8 Å². The minimum Gasteiger partial charge on any atom is -0.494 e. The Morgan fingerprint density at radius 1 is 1.03 bits per heavy atom. The van der Waals surface area contributed by atoms with Crippen LogP contribution in [0.3, 0.4) is 0 Å². The Kier molecular flexibility index (Phi) is 13.3. The zero-order chi connectivity index (χ0) is 27.0. The largest absolute Gasteiger partial charge is 1.00 e. The maximum atomic E-state index is 12.1. The number of carboxylic acids is 1. The molecule has 1 heterocycles. The van der Waals surface area contributed by atoms with E-state index in [9.17, 15) is 18.0 Å². The summed E-state index contributed by atoms with van der Waals surface area (Å²) in [5.41, 5.74) is -0.114. The van der Waals surface area contributed by atoms with Crippen LogP contribution in [-0.2, 0) is 10.0 Å². The van der Waals surface area contributed by atoms with Crippen molar-refractivity contribution in [3.05, 3.63) is 66.1 Å². The third kappa shape index (κ3) is 9.38. The number of sulfonamides is 1. The summed E-state index contributed by atoms with van der Waals surface area (Å²) in [6.45, 7) is 1.57. The molecule has 0 atom stereocenters. The van der Waals surface area contributed by atoms with Gasteiger partial charge in [-0.1, -0.05) is 35.3 Å². The molecule has 0 unspecified atom stereocenters. The van der Waals surface area contributed by atoms with E-state index in [4.69, 9.17) is 37.8 Å². The molecular weight excluding hydrogens is 675 g/mol. The van der Waals surface area contributed by atoms with E-state index in [-0.39, 0.29) is 67.8 Å². The van der Waals surface area contributed by atoms with Crippen molar-refractivity contribution in [2.45, 2.75) is 11.8 Å². The van der Waals surface area contributed by atoms with Gasteiger partial charge in [-0.05, 0) is 53.8 Å². The number of rotatable bonds is 6. The summed E-state index contributed by atoms with van der Waals surface area (Å²) in [5.74, 6) is -0.931. The number of benzene rings is 2. The summed E-state index contributed by atoms with van der Waals surface area (Å²) in [4.78, 5) is 34.0. The van der Waals surface area contributed by atoms with Crippen molar-refractivity contribution in [1.82, 2.24) is 15.0 Å². The van der Waals surface area contributed by atoms with E-state index in [2.05, 4.69) is 25.0 Å². The average molecular weight is 692 g/mol. The molecule has 0 radical (unpaired) electrons. The first kappa shape index (κ1) is 33.1. The number of ether oxygens (including phenoxy) is 2. The number of hydrogen-bond donors (Lipinski definition) is 2. The van der Waals surface area contributed by atoms with Gasteiger partial charge in [-0.3, -0.25) is 4.79 Å². The Hall–Kier alpha value is -1.95. The number of aromatic nitrogens is 3. The minimum absolute atomic E-state index is 0. The Bertz CT molecular complexity index is 1400. The number of carbonyl (C=O) groups excluding carboxylic acids is 1. The number of methoxy groups -OCH3 is 2. The van der Waals surface area contributed by atoms with Crippen molar-refractivity contribution in [2.75, 3.05) is 19.5 Å². The van der Waals surface area contributed by atoms with Crippen LogP contribution in [0.2, 0.25) is 10.0 Å². The molecule has 0 bridgehead atoms. The third-order valence-corrected chi connectivity index (χ3v) is 7.16. The van der Waals surface area contributed by atoms with Crippen molar-refractivity contribution in [3.63, 3.8) is 0 Å². The fourth-order valence-corrected chi connectivity index (χ4v) is 5.08. The molecule has 17 heteroatoms. The Morgan fingerprint density at radius 2 is 1.65 bits per heavy atom. The zero-order valence-electron chi connectivity index (χ0n) is 19.7. The number of amides is 2. The summed E-state index contributed by atoms with van der Waals surface area (Å²) < 4.78 is 37.6. The van der Waals surface area contributed by atoms with Crippen LogP contribution < -0.4 is 44.3 Å². The van der Waals surface area contributed by atoms with Gasteiger partial charge in [0, 0.05) is 3.57 Å². The molecule has 192 valence electrons. The molecule has 2 amide bonds. The molecule has 0 fully saturated rings. The minimum atomic E-state index is -4.13. The number of anilines is 1. The topological polar surface area (TPSA) is 172 Å². The van der Waals surface area contributed by atoms with E-state index in [1.54, 1.807) is 25.1 Å². The molecule has 3 aromatic rings. The van der Waals surface area contributed by atoms with Crippen LogP contribution in [0.5, 0.6) is 11.8 Å². The van der Waals surface area contributed by atoms with E-state index in [0.717, 1.165) is 0 Å². The summed E-state index contributed by atoms with van der Waals surface area (Å²) in [5, 5.41) is 11.3. The molecular formula is C20H17Cl2IN5NaO7S. The zero-order valence-corrected chi connectivity index (χ0v) is 26.2. The van der Waals surface area contributed by atoms with Crippen LogP contribution in [0.25, 0.3) is 4.72 Å². The molecule has 0 saturated carbocycles. The molecule has 0 saturated heterocycles. The number of aromatic carboxylic acids is 1. The van der Waals surface area contributed by atoms with Crippen LogP contribution in [0.15, 0.2) is 41.3 Å². The first-order chi connectivity index (χ1) is 16.9. The second-order valence-electron chi connectivity index (χ2n) is 6.36. The van der Waals surface area contributed by atoms with Gasteiger partial charge in [0.1, 0.15) is 11.4 Å². The Morgan fingerprint density at radius 3 is 2.19 bits per heavy atom. The van der Waals surface area contributed by atoms with Gasteiger partial charge in [0.25, 0.3) is 0 Å². The molecule has 0 aliphatic heterocycles. The Labute approximate surface area is 258 Å². The molecule has 3 rings (SSSR count). The smallest absolute Gasteiger partial charge is 0.494 e. The standard InChI is InChI=1S/C12H12IN5O4S.C8H6Cl2O3.Na/c1-7-14-10(17-12(15-7)22-2)16-11(19)18-23(20,21)9-6-4-3-5-8(9)13;1-13-7-5(10)3-2-4(9)6(7)8(11)12;/h3-6H,1-2H3,(H2,14,15,16,17,18,19);2-3H,1H3,(H,11,12);/q;;+1/p-1. The quantitative estimate of drug-likeness (QED) is 0.287. The molecule has 2 N–H and O–H groups in total. The number of carboxylic acid groups (broad SMARTS) is 1. The molecule has 0 aliphatic carbocycles. The van der Waals surface area contributed by atoms with E-state index in [1.807, 2.05) is 22.6 Å². The fourth-order valence-electron chi connectivity index (χ4n) is 2.47. The fraction of sp³-hybridized carbons (Fsp3) is 0.150. The summed E-state index contributed by atoms with van der Waals surface area (Å²) >= 11 is 13.2. The van der Waals surface area contributed by atoms with Gasteiger partial charge in [0.2, 0.25) is 10.0 Å². The number of carbonyl (C=O) groups is 2. The van der Waals surface area contributed by atoms with Gasteiger partial charge >= 0.3 is 41.5 Å². The van der Waals surface area contributed by atoms with Gasteiger partial charge in [0.05, 0.1) is 29.2 Å². The number of nitrogens with one attached hydrogen (secondary N) is 1. The number of nitrogens with zero attached hydrogens (tertiary/aromatic N) is 4.